The van der Waals surface area contributed by atoms with Crippen molar-refractivity contribution < 1.29 is 18.0 Å². The van der Waals surface area contributed by atoms with Gasteiger partial charge in [0.15, 0.2) is 0 Å². The van der Waals surface area contributed by atoms with Crippen LogP contribution in [0.3, 0.4) is 0 Å². The normalized spacial score (nSPS) is 11.5. The smallest absolute Gasteiger partial charge is 0.369 e. The molecule has 1 amide bonds. The molecule has 0 spiro atoms. The first kappa shape index (κ1) is 21.8. The third-order valence-electron chi connectivity index (χ3n) is 4.88. The van der Waals surface area contributed by atoms with Crippen LogP contribution in [0, 0.1) is 6.92 Å². The molecule has 0 fully saturated rings. The van der Waals surface area contributed by atoms with Crippen LogP contribution >= 0.6 is 11.3 Å². The molecule has 0 atom stereocenters. The van der Waals surface area contributed by atoms with E-state index in [0.717, 1.165) is 32.3 Å². The number of rotatable bonds is 6. The van der Waals surface area contributed by atoms with Crippen LogP contribution in [0.4, 0.5) is 24.7 Å². The topological polar surface area (TPSA) is 66.9 Å². The lowest BCUT2D eigenvalue weighted by atomic mass is 10.0. The number of aromatic nitrogens is 2. The number of alkyl halides is 3. The molecule has 0 unspecified atom stereocenters. The second kappa shape index (κ2) is 8.96. The van der Waals surface area contributed by atoms with Gasteiger partial charge in [-0.2, -0.15) is 13.2 Å². The Kier molecular flexibility index (Phi) is 6.09. The maximum atomic E-state index is 13.1. The van der Waals surface area contributed by atoms with Crippen LogP contribution in [0.5, 0.6) is 0 Å². The molecule has 32 heavy (non-hydrogen) atoms. The number of aryl methyl sites for hydroxylation is 1. The summed E-state index contributed by atoms with van der Waals surface area (Å²) >= 11 is 1.56. The molecule has 2 N–H and O–H groups in total. The number of anilines is 2. The van der Waals surface area contributed by atoms with Crippen molar-refractivity contribution in [3.05, 3.63) is 71.4 Å². The van der Waals surface area contributed by atoms with Gasteiger partial charge in [-0.3, -0.25) is 4.79 Å². The second-order valence-corrected chi connectivity index (χ2v) is 8.27. The average Bonchev–Trinajstić information content (AvgIpc) is 3.10. The van der Waals surface area contributed by atoms with Crippen LogP contribution in [-0.2, 0) is 11.0 Å². The summed E-state index contributed by atoms with van der Waals surface area (Å²) in [6, 6.07) is 14.8. The Hall–Kier alpha value is -3.46. The van der Waals surface area contributed by atoms with Crippen LogP contribution in [0.25, 0.3) is 21.3 Å². The first-order valence-electron chi connectivity index (χ1n) is 9.84. The van der Waals surface area contributed by atoms with E-state index in [1.807, 2.05) is 37.3 Å². The van der Waals surface area contributed by atoms with E-state index >= 15 is 0 Å². The predicted octanol–water partition coefficient (Wildman–Crippen LogP) is 6.13. The molecule has 0 bridgehead atoms. The quantitative estimate of drug-likeness (QED) is 0.367. The van der Waals surface area contributed by atoms with Crippen LogP contribution in [0.1, 0.15) is 16.9 Å². The fraction of sp³-hybridized carbons (Fsp3) is 0.174. The van der Waals surface area contributed by atoms with Crippen molar-refractivity contribution in [2.45, 2.75) is 19.5 Å². The number of halogens is 3. The molecule has 0 aliphatic carbocycles. The Labute approximate surface area is 186 Å². The first-order chi connectivity index (χ1) is 15.3. The van der Waals surface area contributed by atoms with Gasteiger partial charge in [0.2, 0.25) is 5.91 Å². The van der Waals surface area contributed by atoms with Crippen LogP contribution in [-0.4, -0.2) is 22.4 Å². The predicted molar refractivity (Wildman–Crippen MR) is 121 cm³/mol. The minimum atomic E-state index is -4.54. The zero-order valence-corrected chi connectivity index (χ0v) is 17.8. The van der Waals surface area contributed by atoms with Gasteiger partial charge in [0, 0.05) is 23.4 Å². The Morgan fingerprint density at radius 3 is 2.50 bits per heavy atom. The largest absolute Gasteiger partial charge is 0.418 e. The summed E-state index contributed by atoms with van der Waals surface area (Å²) in [7, 11) is 0. The number of hydrogen-bond donors (Lipinski definition) is 2. The molecule has 2 aromatic heterocycles. The minimum absolute atomic E-state index is 0.0263. The van der Waals surface area contributed by atoms with E-state index in [4.69, 9.17) is 0 Å². The van der Waals surface area contributed by atoms with Gasteiger partial charge in [-0.25, -0.2) is 9.97 Å². The molecular weight excluding hydrogens is 437 g/mol. The number of hydrogen-bond acceptors (Lipinski definition) is 5. The molecule has 2 aromatic carbocycles. The number of carbonyl (C=O) groups is 1. The van der Waals surface area contributed by atoms with E-state index in [9.17, 15) is 18.0 Å². The van der Waals surface area contributed by atoms with Crippen molar-refractivity contribution in [1.82, 2.24) is 9.97 Å². The summed E-state index contributed by atoms with van der Waals surface area (Å²) in [6.07, 6.45) is -3.12. The van der Waals surface area contributed by atoms with Crippen molar-refractivity contribution in [1.29, 1.82) is 0 Å². The van der Waals surface area contributed by atoms with E-state index in [1.165, 1.54) is 24.5 Å². The standard InChI is InChI=1S/C23H19F3N4OS/c1-14-19(15-7-3-2-4-8-15)20-21(28-13-29-22(20)32-14)27-12-11-18(31)30-17-10-6-5-9-16(17)23(24,25)26/h2-10,13H,11-12H2,1H3,(H,30,31)(H,27,28,29). The van der Waals surface area contributed by atoms with Gasteiger partial charge in [0.25, 0.3) is 0 Å². The SMILES string of the molecule is Cc1sc2ncnc(NCCC(=O)Nc3ccccc3C(F)(F)F)c2c1-c1ccccc1. The number of nitrogens with one attached hydrogen (secondary N) is 2. The Balaban J connectivity index is 1.50. The van der Waals surface area contributed by atoms with Crippen molar-refractivity contribution >= 4 is 39.0 Å². The van der Waals surface area contributed by atoms with Crippen LogP contribution in [0.15, 0.2) is 60.9 Å². The Morgan fingerprint density at radius 2 is 1.75 bits per heavy atom. The highest BCUT2D eigenvalue weighted by molar-refractivity contribution is 7.19. The highest BCUT2D eigenvalue weighted by atomic mass is 32.1. The van der Waals surface area contributed by atoms with Crippen molar-refractivity contribution in [2.24, 2.45) is 0 Å². The zero-order valence-electron chi connectivity index (χ0n) is 17.0. The number of nitrogens with zero attached hydrogens (tertiary/aromatic N) is 2. The molecule has 4 aromatic rings. The molecular formula is C23H19F3N4OS. The number of amides is 1. The molecule has 0 aliphatic heterocycles. The molecule has 5 nitrogen and oxygen atoms in total. The first-order valence-corrected chi connectivity index (χ1v) is 10.7. The monoisotopic (exact) mass is 456 g/mol. The third kappa shape index (κ3) is 4.57. The lowest BCUT2D eigenvalue weighted by Gasteiger charge is -2.14. The number of thiophene rings is 1. The summed E-state index contributed by atoms with van der Waals surface area (Å²) in [5.41, 5.74) is 0.933. The molecule has 0 saturated heterocycles. The average molecular weight is 456 g/mol. The van der Waals surface area contributed by atoms with Crippen molar-refractivity contribution in [2.75, 3.05) is 17.2 Å². The van der Waals surface area contributed by atoms with Crippen LogP contribution in [0.2, 0.25) is 0 Å². The molecule has 0 saturated carbocycles. The number of para-hydroxylation sites is 1. The molecule has 0 aliphatic rings. The van der Waals surface area contributed by atoms with Gasteiger partial charge < -0.3 is 10.6 Å². The summed E-state index contributed by atoms with van der Waals surface area (Å²) in [5, 5.41) is 6.36. The van der Waals surface area contributed by atoms with Gasteiger partial charge in [0.05, 0.1) is 16.6 Å². The minimum Gasteiger partial charge on any atom is -0.369 e. The number of fused-ring (bicyclic) bond motifs is 1. The second-order valence-electron chi connectivity index (χ2n) is 7.07. The Bertz CT molecular complexity index is 1260. The highest BCUT2D eigenvalue weighted by Crippen LogP contribution is 2.40. The van der Waals surface area contributed by atoms with E-state index in [2.05, 4.69) is 20.6 Å². The number of benzene rings is 2. The fourth-order valence-corrected chi connectivity index (χ4v) is 4.49. The van der Waals surface area contributed by atoms with E-state index in [-0.39, 0.29) is 18.7 Å². The maximum Gasteiger partial charge on any atom is 0.418 e. The Morgan fingerprint density at radius 1 is 1.03 bits per heavy atom. The van der Waals surface area contributed by atoms with Gasteiger partial charge in [0.1, 0.15) is 17.0 Å². The lowest BCUT2D eigenvalue weighted by molar-refractivity contribution is -0.137. The summed E-state index contributed by atoms with van der Waals surface area (Å²) in [6.45, 7) is 2.22. The van der Waals surface area contributed by atoms with Gasteiger partial charge >= 0.3 is 6.18 Å². The third-order valence-corrected chi connectivity index (χ3v) is 5.89. The maximum absolute atomic E-state index is 13.1. The highest BCUT2D eigenvalue weighted by Gasteiger charge is 2.33. The molecule has 4 rings (SSSR count). The molecule has 2 heterocycles. The van der Waals surface area contributed by atoms with Crippen LogP contribution < -0.4 is 10.6 Å². The summed E-state index contributed by atoms with van der Waals surface area (Å²) in [4.78, 5) is 22.9. The lowest BCUT2D eigenvalue weighted by Crippen LogP contribution is -2.19. The van der Waals surface area contributed by atoms with Gasteiger partial charge in [-0.05, 0) is 24.6 Å². The van der Waals surface area contributed by atoms with E-state index in [1.54, 1.807) is 11.3 Å². The summed E-state index contributed by atoms with van der Waals surface area (Å²) in [5.74, 6) is 0.0611. The van der Waals surface area contributed by atoms with E-state index < -0.39 is 17.6 Å². The molecule has 9 heteroatoms. The van der Waals surface area contributed by atoms with E-state index in [0.29, 0.717) is 5.82 Å². The van der Waals surface area contributed by atoms with Crippen molar-refractivity contribution in [3.8, 4) is 11.1 Å². The number of carbonyl (C=O) groups excluding carboxylic acids is 1. The summed E-state index contributed by atoms with van der Waals surface area (Å²) < 4.78 is 39.4. The van der Waals surface area contributed by atoms with Gasteiger partial charge in [-0.15, -0.1) is 11.3 Å². The zero-order chi connectivity index (χ0) is 22.7. The molecule has 164 valence electrons. The fourth-order valence-electron chi connectivity index (χ4n) is 3.48. The van der Waals surface area contributed by atoms with Gasteiger partial charge in [-0.1, -0.05) is 42.5 Å². The molecule has 0 radical (unpaired) electrons. The van der Waals surface area contributed by atoms with Crippen molar-refractivity contribution in [3.63, 3.8) is 0 Å².